The minimum absolute atomic E-state index is 0.346. The van der Waals surface area contributed by atoms with Crippen molar-refractivity contribution in [1.82, 2.24) is 0 Å². The highest BCUT2D eigenvalue weighted by Crippen LogP contribution is 2.26. The van der Waals surface area contributed by atoms with Crippen molar-refractivity contribution in [2.75, 3.05) is 6.61 Å². The lowest BCUT2D eigenvalue weighted by Crippen LogP contribution is -2.22. The molecule has 2 nitrogen and oxygen atoms in total. The molecule has 0 aromatic rings. The fourth-order valence-electron chi connectivity index (χ4n) is 1.61. The molecular formula is C8H12O2. The number of rotatable bonds is 0. The Morgan fingerprint density at radius 1 is 1.20 bits per heavy atom. The molecule has 56 valence electrons. The molecule has 2 rings (SSSR count). The summed E-state index contributed by atoms with van der Waals surface area (Å²) in [6, 6.07) is 0. The van der Waals surface area contributed by atoms with Gasteiger partial charge < -0.3 is 9.47 Å². The first-order valence-corrected chi connectivity index (χ1v) is 3.89. The predicted molar refractivity (Wildman–Crippen MR) is 37.6 cm³/mol. The molecule has 0 radical (unpaired) electrons. The highest BCUT2D eigenvalue weighted by Gasteiger charge is 2.29. The standard InChI is InChI=1S/C8H12O2/c1-3-7-8(4-1)10-6-2-5-9-7/h2,5,7-8H,1,3-4,6H2/t7-,8-/m0/s1. The first-order chi connectivity index (χ1) is 4.97. The maximum absolute atomic E-state index is 5.52. The fourth-order valence-corrected chi connectivity index (χ4v) is 1.61. The number of fused-ring (bicyclic) bond motifs is 1. The van der Waals surface area contributed by atoms with Crippen LogP contribution in [0, 0.1) is 0 Å². The highest BCUT2D eigenvalue weighted by atomic mass is 16.5. The molecule has 1 saturated carbocycles. The van der Waals surface area contributed by atoms with E-state index in [-0.39, 0.29) is 0 Å². The van der Waals surface area contributed by atoms with Crippen molar-refractivity contribution in [1.29, 1.82) is 0 Å². The van der Waals surface area contributed by atoms with Crippen LogP contribution in [0.5, 0.6) is 0 Å². The third kappa shape index (κ3) is 1.03. The van der Waals surface area contributed by atoms with Gasteiger partial charge in [-0.15, -0.1) is 0 Å². The second-order valence-corrected chi connectivity index (χ2v) is 2.85. The van der Waals surface area contributed by atoms with Crippen LogP contribution in [0.2, 0.25) is 0 Å². The average Bonchev–Trinajstić information content (AvgIpc) is 2.28. The summed E-state index contributed by atoms with van der Waals surface area (Å²) in [5.74, 6) is 0. The summed E-state index contributed by atoms with van der Waals surface area (Å²) < 4.78 is 10.9. The zero-order valence-electron chi connectivity index (χ0n) is 5.95. The van der Waals surface area contributed by atoms with Gasteiger partial charge in [-0.25, -0.2) is 0 Å². The van der Waals surface area contributed by atoms with Gasteiger partial charge in [0.05, 0.1) is 19.0 Å². The fraction of sp³-hybridized carbons (Fsp3) is 0.750. The second-order valence-electron chi connectivity index (χ2n) is 2.85. The molecule has 2 atom stereocenters. The van der Waals surface area contributed by atoms with E-state index in [9.17, 15) is 0 Å². The van der Waals surface area contributed by atoms with Crippen LogP contribution in [-0.4, -0.2) is 18.8 Å². The summed E-state index contributed by atoms with van der Waals surface area (Å²) in [5.41, 5.74) is 0. The first-order valence-electron chi connectivity index (χ1n) is 3.89. The molecule has 1 aliphatic carbocycles. The van der Waals surface area contributed by atoms with Crippen LogP contribution >= 0.6 is 0 Å². The SMILES string of the molecule is C1=CO[C@H]2CCC[C@@H]2OC1. The number of ether oxygens (including phenoxy) is 2. The van der Waals surface area contributed by atoms with Crippen LogP contribution < -0.4 is 0 Å². The van der Waals surface area contributed by atoms with Crippen molar-refractivity contribution in [3.8, 4) is 0 Å². The van der Waals surface area contributed by atoms with Gasteiger partial charge in [0.1, 0.15) is 6.10 Å². The van der Waals surface area contributed by atoms with Gasteiger partial charge >= 0.3 is 0 Å². The van der Waals surface area contributed by atoms with Gasteiger partial charge in [0, 0.05) is 0 Å². The smallest absolute Gasteiger partial charge is 0.124 e. The Labute approximate surface area is 60.8 Å². The Balaban J connectivity index is 2.02. The maximum Gasteiger partial charge on any atom is 0.124 e. The largest absolute Gasteiger partial charge is 0.496 e. The third-order valence-corrected chi connectivity index (χ3v) is 2.15. The Hall–Kier alpha value is -0.500. The maximum atomic E-state index is 5.52. The molecule has 0 spiro atoms. The summed E-state index contributed by atoms with van der Waals surface area (Å²) in [6.07, 6.45) is 8.01. The average molecular weight is 140 g/mol. The Morgan fingerprint density at radius 2 is 2.10 bits per heavy atom. The molecular weight excluding hydrogens is 128 g/mol. The van der Waals surface area contributed by atoms with Crippen molar-refractivity contribution >= 4 is 0 Å². The van der Waals surface area contributed by atoms with Crippen LogP contribution in [0.25, 0.3) is 0 Å². The third-order valence-electron chi connectivity index (χ3n) is 2.15. The van der Waals surface area contributed by atoms with Crippen molar-refractivity contribution in [3.63, 3.8) is 0 Å². The molecule has 10 heavy (non-hydrogen) atoms. The molecule has 0 aromatic carbocycles. The monoisotopic (exact) mass is 140 g/mol. The molecule has 0 bridgehead atoms. The zero-order valence-corrected chi connectivity index (χ0v) is 5.95. The van der Waals surface area contributed by atoms with E-state index in [0.717, 1.165) is 13.0 Å². The van der Waals surface area contributed by atoms with Gasteiger partial charge in [0.15, 0.2) is 0 Å². The lowest BCUT2D eigenvalue weighted by molar-refractivity contribution is -0.000289. The molecule has 2 aliphatic rings. The number of hydrogen-bond acceptors (Lipinski definition) is 2. The van der Waals surface area contributed by atoms with E-state index in [0.29, 0.717) is 12.2 Å². The van der Waals surface area contributed by atoms with Crippen molar-refractivity contribution in [3.05, 3.63) is 12.3 Å². The van der Waals surface area contributed by atoms with Gasteiger partial charge in [-0.3, -0.25) is 0 Å². The van der Waals surface area contributed by atoms with Gasteiger partial charge in [-0.2, -0.15) is 0 Å². The lowest BCUT2D eigenvalue weighted by atomic mass is 10.3. The summed E-state index contributed by atoms with van der Waals surface area (Å²) >= 11 is 0. The summed E-state index contributed by atoms with van der Waals surface area (Å²) in [5, 5.41) is 0. The Kier molecular flexibility index (Phi) is 1.63. The van der Waals surface area contributed by atoms with E-state index in [2.05, 4.69) is 0 Å². The molecule has 0 amide bonds. The highest BCUT2D eigenvalue weighted by molar-refractivity contribution is 4.87. The van der Waals surface area contributed by atoms with Crippen molar-refractivity contribution < 1.29 is 9.47 Å². The van der Waals surface area contributed by atoms with E-state index >= 15 is 0 Å². The van der Waals surface area contributed by atoms with Gasteiger partial charge in [0.2, 0.25) is 0 Å². The van der Waals surface area contributed by atoms with E-state index in [4.69, 9.17) is 9.47 Å². The van der Waals surface area contributed by atoms with Gasteiger partial charge in [0.25, 0.3) is 0 Å². The molecule has 0 N–H and O–H groups in total. The van der Waals surface area contributed by atoms with Crippen LogP contribution in [0.15, 0.2) is 12.3 Å². The topological polar surface area (TPSA) is 18.5 Å². The quantitative estimate of drug-likeness (QED) is 0.507. The van der Waals surface area contributed by atoms with Gasteiger partial charge in [-0.1, -0.05) is 0 Å². The summed E-state index contributed by atoms with van der Waals surface area (Å²) in [6.45, 7) is 0.723. The Morgan fingerprint density at radius 3 is 3.10 bits per heavy atom. The normalized spacial score (nSPS) is 38.4. The molecule has 0 saturated heterocycles. The molecule has 2 heteroatoms. The van der Waals surface area contributed by atoms with Crippen LogP contribution in [0.4, 0.5) is 0 Å². The lowest BCUT2D eigenvalue weighted by Gasteiger charge is -2.15. The molecule has 0 unspecified atom stereocenters. The van der Waals surface area contributed by atoms with E-state index < -0.39 is 0 Å². The van der Waals surface area contributed by atoms with E-state index in [1.165, 1.54) is 12.8 Å². The van der Waals surface area contributed by atoms with Gasteiger partial charge in [-0.05, 0) is 25.3 Å². The minimum atomic E-state index is 0.346. The summed E-state index contributed by atoms with van der Waals surface area (Å²) in [7, 11) is 0. The molecule has 1 aliphatic heterocycles. The molecule has 1 fully saturated rings. The van der Waals surface area contributed by atoms with Crippen molar-refractivity contribution in [2.45, 2.75) is 31.5 Å². The predicted octanol–water partition coefficient (Wildman–Crippen LogP) is 1.47. The van der Waals surface area contributed by atoms with Crippen LogP contribution in [0.3, 0.4) is 0 Å². The summed E-state index contributed by atoms with van der Waals surface area (Å²) in [4.78, 5) is 0. The minimum Gasteiger partial charge on any atom is -0.496 e. The Bertz CT molecular complexity index is 142. The zero-order chi connectivity index (χ0) is 6.81. The van der Waals surface area contributed by atoms with E-state index in [1.807, 2.05) is 6.08 Å². The number of hydrogen-bond donors (Lipinski definition) is 0. The second kappa shape index (κ2) is 2.62. The van der Waals surface area contributed by atoms with Crippen molar-refractivity contribution in [2.24, 2.45) is 0 Å². The van der Waals surface area contributed by atoms with E-state index in [1.54, 1.807) is 6.26 Å². The molecule has 0 aromatic heterocycles. The molecule has 1 heterocycles. The van der Waals surface area contributed by atoms with Crippen LogP contribution in [-0.2, 0) is 9.47 Å². The van der Waals surface area contributed by atoms with Crippen LogP contribution in [0.1, 0.15) is 19.3 Å². The first kappa shape index (κ1) is 6.23.